The van der Waals surface area contributed by atoms with E-state index in [1.54, 1.807) is 11.4 Å². The number of ether oxygens (including phenoxy) is 1. The van der Waals surface area contributed by atoms with Crippen molar-refractivity contribution >= 4 is 21.6 Å². The maximum Gasteiger partial charge on any atom is 0.331 e. The Balaban J connectivity index is 2.14. The summed E-state index contributed by atoms with van der Waals surface area (Å²) in [7, 11) is 0. The molecule has 0 spiro atoms. The van der Waals surface area contributed by atoms with Gasteiger partial charge >= 0.3 is 5.69 Å². The molecule has 0 bridgehead atoms. The Morgan fingerprint density at radius 1 is 1.58 bits per heavy atom. The fourth-order valence-corrected chi connectivity index (χ4v) is 3.26. The molecule has 1 saturated heterocycles. The van der Waals surface area contributed by atoms with Crippen molar-refractivity contribution in [2.45, 2.75) is 24.9 Å². The number of hydrogen-bond donors (Lipinski definition) is 3. The zero-order valence-electron chi connectivity index (χ0n) is 9.91. The lowest BCUT2D eigenvalue weighted by Crippen LogP contribution is -2.33. The molecule has 8 heteroatoms. The first kappa shape index (κ1) is 12.5. The molecule has 0 amide bonds. The van der Waals surface area contributed by atoms with Gasteiger partial charge in [0.1, 0.15) is 11.1 Å². The summed E-state index contributed by atoms with van der Waals surface area (Å²) < 4.78 is 6.95. The summed E-state index contributed by atoms with van der Waals surface area (Å²) in [5, 5.41) is 12.0. The first-order valence-electron chi connectivity index (χ1n) is 5.87. The van der Waals surface area contributed by atoms with E-state index in [4.69, 9.17) is 10.5 Å². The van der Waals surface area contributed by atoms with Crippen molar-refractivity contribution in [2.75, 3.05) is 6.54 Å². The van der Waals surface area contributed by atoms with Gasteiger partial charge in [-0.05, 0) is 11.4 Å². The largest absolute Gasteiger partial charge is 0.390 e. The summed E-state index contributed by atoms with van der Waals surface area (Å²) in [6.45, 7) is 0.184. The average molecular weight is 283 g/mol. The second-order valence-electron chi connectivity index (χ2n) is 4.44. The van der Waals surface area contributed by atoms with Crippen LogP contribution in [0.15, 0.2) is 21.0 Å². The maximum absolute atomic E-state index is 12.0. The number of H-pyrrole nitrogens is 1. The quantitative estimate of drug-likeness (QED) is 0.679. The Hall–Kier alpha value is -1.48. The molecular weight excluding hydrogens is 270 g/mol. The van der Waals surface area contributed by atoms with Crippen LogP contribution in [0.5, 0.6) is 0 Å². The second-order valence-corrected chi connectivity index (χ2v) is 5.33. The van der Waals surface area contributed by atoms with Gasteiger partial charge < -0.3 is 15.6 Å². The van der Waals surface area contributed by atoms with E-state index in [9.17, 15) is 14.7 Å². The molecule has 7 nitrogen and oxygen atoms in total. The lowest BCUT2D eigenvalue weighted by Gasteiger charge is -2.15. The molecule has 3 heterocycles. The SMILES string of the molecule is NC[C@H]1O[C@@H](n2c(=O)[nH]c(=O)c3ccsc32)C[C@@H]1O. The Kier molecular flexibility index (Phi) is 3.02. The number of aromatic amines is 1. The predicted molar refractivity (Wildman–Crippen MR) is 70.3 cm³/mol. The highest BCUT2D eigenvalue weighted by Gasteiger charge is 2.35. The van der Waals surface area contributed by atoms with E-state index < -0.39 is 29.7 Å². The first-order chi connectivity index (χ1) is 9.11. The molecule has 0 unspecified atom stereocenters. The van der Waals surface area contributed by atoms with Gasteiger partial charge in [-0.1, -0.05) is 0 Å². The highest BCUT2D eigenvalue weighted by atomic mass is 32.1. The number of thiophene rings is 1. The molecule has 1 aliphatic rings. The monoisotopic (exact) mass is 283 g/mol. The molecule has 2 aromatic heterocycles. The third-order valence-corrected chi connectivity index (χ3v) is 4.18. The number of nitrogens with one attached hydrogen (secondary N) is 1. The Labute approximate surface area is 111 Å². The Morgan fingerprint density at radius 3 is 3.05 bits per heavy atom. The number of fused-ring (bicyclic) bond motifs is 1. The van der Waals surface area contributed by atoms with Crippen LogP contribution in [0.4, 0.5) is 0 Å². The van der Waals surface area contributed by atoms with Gasteiger partial charge in [-0.2, -0.15) is 0 Å². The van der Waals surface area contributed by atoms with Gasteiger partial charge in [0, 0.05) is 13.0 Å². The molecule has 1 aliphatic heterocycles. The normalized spacial score (nSPS) is 27.2. The number of rotatable bonds is 2. The average Bonchev–Trinajstić information content (AvgIpc) is 2.96. The van der Waals surface area contributed by atoms with Gasteiger partial charge in [0.15, 0.2) is 0 Å². The van der Waals surface area contributed by atoms with Crippen molar-refractivity contribution in [3.05, 3.63) is 32.3 Å². The summed E-state index contributed by atoms with van der Waals surface area (Å²) >= 11 is 1.29. The molecule has 0 aliphatic carbocycles. The van der Waals surface area contributed by atoms with Gasteiger partial charge in [0.05, 0.1) is 17.6 Å². The molecule has 0 saturated carbocycles. The molecule has 3 atom stereocenters. The van der Waals surface area contributed by atoms with Gasteiger partial charge in [-0.3, -0.25) is 14.3 Å². The van der Waals surface area contributed by atoms with E-state index >= 15 is 0 Å². The Bertz CT molecular complexity index is 719. The van der Waals surface area contributed by atoms with E-state index in [0.717, 1.165) is 0 Å². The first-order valence-corrected chi connectivity index (χ1v) is 6.75. The molecule has 19 heavy (non-hydrogen) atoms. The number of aliphatic hydroxyl groups is 1. The van der Waals surface area contributed by atoms with Crippen LogP contribution >= 0.6 is 11.3 Å². The summed E-state index contributed by atoms with van der Waals surface area (Å²) in [4.78, 5) is 26.4. The molecule has 4 N–H and O–H groups in total. The summed E-state index contributed by atoms with van der Waals surface area (Å²) in [6.07, 6.45) is -1.52. The number of hydrogen-bond acceptors (Lipinski definition) is 6. The minimum Gasteiger partial charge on any atom is -0.390 e. The van der Waals surface area contributed by atoms with Crippen molar-refractivity contribution in [1.29, 1.82) is 0 Å². The molecule has 0 radical (unpaired) electrons. The van der Waals surface area contributed by atoms with Gasteiger partial charge in [0.2, 0.25) is 0 Å². The second kappa shape index (κ2) is 4.57. The topological polar surface area (TPSA) is 110 Å². The number of nitrogens with zero attached hydrogens (tertiary/aromatic N) is 1. The molecule has 0 aromatic carbocycles. The van der Waals surface area contributed by atoms with Crippen LogP contribution in [0.1, 0.15) is 12.6 Å². The highest BCUT2D eigenvalue weighted by Crippen LogP contribution is 2.30. The number of nitrogens with two attached hydrogens (primary N) is 1. The van der Waals surface area contributed by atoms with Crippen LogP contribution in [-0.2, 0) is 4.74 Å². The highest BCUT2D eigenvalue weighted by molar-refractivity contribution is 7.16. The minimum absolute atomic E-state index is 0.184. The molecule has 2 aromatic rings. The lowest BCUT2D eigenvalue weighted by molar-refractivity contribution is -0.0128. The van der Waals surface area contributed by atoms with Crippen LogP contribution in [-0.4, -0.2) is 33.4 Å². The third-order valence-electron chi connectivity index (χ3n) is 3.27. The molecule has 102 valence electrons. The van der Waals surface area contributed by atoms with Crippen LogP contribution in [0.25, 0.3) is 10.2 Å². The number of aromatic nitrogens is 2. The van der Waals surface area contributed by atoms with Crippen molar-refractivity contribution in [2.24, 2.45) is 5.73 Å². The maximum atomic E-state index is 12.0. The summed E-state index contributed by atoms with van der Waals surface area (Å²) in [6, 6.07) is 1.65. The molecule has 1 fully saturated rings. The lowest BCUT2D eigenvalue weighted by atomic mass is 10.2. The summed E-state index contributed by atoms with van der Waals surface area (Å²) in [5.74, 6) is 0. The van der Waals surface area contributed by atoms with E-state index in [-0.39, 0.29) is 13.0 Å². The van der Waals surface area contributed by atoms with Crippen molar-refractivity contribution in [3.8, 4) is 0 Å². The standard InChI is InChI=1S/C11H13N3O4S/c12-4-7-6(15)3-8(18-7)14-10-5(1-2-19-10)9(16)13-11(14)17/h1-2,6-8,15H,3-4,12H2,(H,13,16,17)/t6-,7+,8+/m0/s1. The zero-order chi connectivity index (χ0) is 13.6. The van der Waals surface area contributed by atoms with E-state index in [0.29, 0.717) is 10.2 Å². The van der Waals surface area contributed by atoms with E-state index in [1.165, 1.54) is 15.9 Å². The number of aliphatic hydroxyl groups excluding tert-OH is 1. The zero-order valence-corrected chi connectivity index (χ0v) is 10.7. The Morgan fingerprint density at radius 2 is 2.37 bits per heavy atom. The minimum atomic E-state index is -0.705. The van der Waals surface area contributed by atoms with Crippen molar-refractivity contribution in [1.82, 2.24) is 9.55 Å². The van der Waals surface area contributed by atoms with Gasteiger partial charge in [-0.25, -0.2) is 4.79 Å². The fraction of sp³-hybridized carbons (Fsp3) is 0.455. The van der Waals surface area contributed by atoms with Crippen LogP contribution in [0.3, 0.4) is 0 Å². The third kappa shape index (κ3) is 1.93. The predicted octanol–water partition coefficient (Wildman–Crippen LogP) is -0.642. The molecule has 3 rings (SSSR count). The fourth-order valence-electron chi connectivity index (χ4n) is 2.32. The van der Waals surface area contributed by atoms with Gasteiger partial charge in [-0.15, -0.1) is 11.3 Å². The smallest absolute Gasteiger partial charge is 0.331 e. The summed E-state index contributed by atoms with van der Waals surface area (Å²) in [5.41, 5.74) is 4.55. The van der Waals surface area contributed by atoms with E-state index in [2.05, 4.69) is 4.98 Å². The van der Waals surface area contributed by atoms with Crippen LogP contribution < -0.4 is 17.0 Å². The van der Waals surface area contributed by atoms with Crippen LogP contribution in [0.2, 0.25) is 0 Å². The van der Waals surface area contributed by atoms with Crippen molar-refractivity contribution < 1.29 is 9.84 Å². The molecular formula is C11H13N3O4S. The van der Waals surface area contributed by atoms with E-state index in [1.807, 2.05) is 0 Å². The van der Waals surface area contributed by atoms with Gasteiger partial charge in [0.25, 0.3) is 5.56 Å². The van der Waals surface area contributed by atoms with Crippen molar-refractivity contribution in [3.63, 3.8) is 0 Å². The van der Waals surface area contributed by atoms with Crippen LogP contribution in [0, 0.1) is 0 Å².